The second kappa shape index (κ2) is 9.24. The normalized spacial score (nSPS) is 16.5. The fourth-order valence-corrected chi connectivity index (χ4v) is 7.13. The molecule has 9 heteroatoms. The molecular formula is C24H26N4O3S2. The zero-order chi connectivity index (χ0) is 22.8. The van der Waals surface area contributed by atoms with Crippen molar-refractivity contribution in [3.05, 3.63) is 75.6 Å². The van der Waals surface area contributed by atoms with Crippen LogP contribution in [0.5, 0.6) is 0 Å². The molecule has 0 bridgehead atoms. The zero-order valence-corrected chi connectivity index (χ0v) is 19.9. The second-order valence-corrected chi connectivity index (χ2v) is 11.2. The molecule has 1 aromatic carbocycles. The van der Waals surface area contributed by atoms with Gasteiger partial charge in [0.1, 0.15) is 15.6 Å². The molecule has 1 amide bonds. The van der Waals surface area contributed by atoms with Crippen LogP contribution < -0.4 is 10.2 Å². The maximum atomic E-state index is 13.4. The number of hydrogen-bond acceptors (Lipinski definition) is 6. The van der Waals surface area contributed by atoms with Gasteiger partial charge in [-0.25, -0.2) is 13.4 Å². The molecule has 0 aliphatic carbocycles. The van der Waals surface area contributed by atoms with E-state index < -0.39 is 10.0 Å². The molecule has 2 aromatic heterocycles. The van der Waals surface area contributed by atoms with Crippen LogP contribution in [0.3, 0.4) is 0 Å². The largest absolute Gasteiger partial charge is 0.357 e. The van der Waals surface area contributed by atoms with Crippen molar-refractivity contribution in [1.82, 2.24) is 14.6 Å². The van der Waals surface area contributed by atoms with Crippen LogP contribution >= 0.6 is 11.3 Å². The molecule has 1 fully saturated rings. The van der Waals surface area contributed by atoms with Crippen LogP contribution in [0.1, 0.15) is 39.2 Å². The number of anilines is 1. The number of hydrogen-bond donors (Lipinski definition) is 1. The molecule has 1 N–H and O–H groups in total. The Bertz CT molecular complexity index is 1250. The second-order valence-electron chi connectivity index (χ2n) is 8.37. The molecule has 7 nitrogen and oxygen atoms in total. The van der Waals surface area contributed by atoms with Gasteiger partial charge in [0, 0.05) is 38.9 Å². The highest BCUT2D eigenvalue weighted by Gasteiger charge is 2.32. The smallest absolute Gasteiger partial charge is 0.263 e. The summed E-state index contributed by atoms with van der Waals surface area (Å²) in [4.78, 5) is 20.0. The molecular weight excluding hydrogens is 456 g/mol. The van der Waals surface area contributed by atoms with E-state index in [2.05, 4.69) is 15.2 Å². The van der Waals surface area contributed by atoms with Crippen molar-refractivity contribution < 1.29 is 13.2 Å². The highest BCUT2D eigenvalue weighted by molar-refractivity contribution is 7.89. The minimum absolute atomic E-state index is 0.0758. The van der Waals surface area contributed by atoms with Gasteiger partial charge in [0.25, 0.3) is 5.91 Å². The predicted molar refractivity (Wildman–Crippen MR) is 129 cm³/mol. The number of aromatic nitrogens is 1. The Morgan fingerprint density at radius 1 is 1.03 bits per heavy atom. The van der Waals surface area contributed by atoms with Crippen LogP contribution in [0, 0.1) is 0 Å². The van der Waals surface area contributed by atoms with Gasteiger partial charge in [-0.1, -0.05) is 30.3 Å². The summed E-state index contributed by atoms with van der Waals surface area (Å²) in [5.41, 5.74) is 3.06. The molecule has 0 spiro atoms. The standard InChI is InChI=1S/C24H26N4O3S2/c29-24(26-16-18-7-8-22(25-15-18)27-11-3-4-12-27)23-21(10-14-32-23)33(30,31)28-13-9-19-5-1-2-6-20(19)17-28/h1-2,5-8,10,14-15H,3-4,9,11-13,16-17H2,(H,26,29). The first-order chi connectivity index (χ1) is 16.0. The van der Waals surface area contributed by atoms with Crippen LogP contribution in [-0.2, 0) is 29.5 Å². The molecule has 2 aliphatic rings. The lowest BCUT2D eigenvalue weighted by Gasteiger charge is -2.28. The molecule has 1 saturated heterocycles. The molecule has 33 heavy (non-hydrogen) atoms. The minimum atomic E-state index is -3.77. The van der Waals surface area contributed by atoms with Gasteiger partial charge >= 0.3 is 0 Å². The van der Waals surface area contributed by atoms with E-state index in [-0.39, 0.29) is 15.7 Å². The zero-order valence-electron chi connectivity index (χ0n) is 18.2. The fraction of sp³-hybridized carbons (Fsp3) is 0.333. The van der Waals surface area contributed by atoms with Crippen molar-refractivity contribution in [3.63, 3.8) is 0 Å². The summed E-state index contributed by atoms with van der Waals surface area (Å²) >= 11 is 1.15. The summed E-state index contributed by atoms with van der Waals surface area (Å²) in [7, 11) is -3.77. The maximum Gasteiger partial charge on any atom is 0.263 e. The summed E-state index contributed by atoms with van der Waals surface area (Å²) in [6.45, 7) is 3.08. The summed E-state index contributed by atoms with van der Waals surface area (Å²) in [6.07, 6.45) is 4.82. The van der Waals surface area contributed by atoms with E-state index in [9.17, 15) is 13.2 Å². The number of nitrogens with one attached hydrogen (secondary N) is 1. The molecule has 4 heterocycles. The molecule has 172 valence electrons. The number of sulfonamides is 1. The average molecular weight is 483 g/mol. The van der Waals surface area contributed by atoms with Crippen LogP contribution in [0.15, 0.2) is 58.9 Å². The van der Waals surface area contributed by atoms with E-state index in [1.165, 1.54) is 28.8 Å². The van der Waals surface area contributed by atoms with Gasteiger partial charge in [-0.05, 0) is 53.5 Å². The summed E-state index contributed by atoms with van der Waals surface area (Å²) < 4.78 is 28.2. The van der Waals surface area contributed by atoms with E-state index >= 15 is 0 Å². The Kier molecular flexibility index (Phi) is 6.18. The number of nitrogens with zero attached hydrogens (tertiary/aromatic N) is 3. The SMILES string of the molecule is O=C(NCc1ccc(N2CCCC2)nc1)c1sccc1S(=O)(=O)N1CCc2ccccc2C1. The molecule has 0 atom stereocenters. The first-order valence-electron chi connectivity index (χ1n) is 11.1. The highest BCUT2D eigenvalue weighted by atomic mass is 32.2. The fourth-order valence-electron chi connectivity index (χ4n) is 4.40. The Balaban J connectivity index is 1.27. The van der Waals surface area contributed by atoms with Gasteiger partial charge in [-0.3, -0.25) is 4.79 Å². The summed E-state index contributed by atoms with van der Waals surface area (Å²) in [5, 5.41) is 4.52. The first kappa shape index (κ1) is 22.1. The lowest BCUT2D eigenvalue weighted by atomic mass is 10.0. The number of pyridine rings is 1. The van der Waals surface area contributed by atoms with Crippen LogP contribution in [0.4, 0.5) is 5.82 Å². The number of carbonyl (C=O) groups is 1. The number of amides is 1. The summed E-state index contributed by atoms with van der Waals surface area (Å²) in [6, 6.07) is 13.4. The van der Waals surface area contributed by atoms with Gasteiger partial charge in [0.05, 0.1) is 0 Å². The third kappa shape index (κ3) is 4.53. The number of benzene rings is 1. The van der Waals surface area contributed by atoms with Crippen LogP contribution in [0.25, 0.3) is 0 Å². The number of thiophene rings is 1. The molecule has 2 aliphatic heterocycles. The van der Waals surface area contributed by atoms with Crippen molar-refractivity contribution >= 4 is 33.1 Å². The van der Waals surface area contributed by atoms with Gasteiger partial charge in [-0.2, -0.15) is 4.31 Å². The number of carbonyl (C=O) groups excluding carboxylic acids is 1. The highest BCUT2D eigenvalue weighted by Crippen LogP contribution is 2.29. The van der Waals surface area contributed by atoms with Gasteiger partial charge in [0.15, 0.2) is 0 Å². The Morgan fingerprint density at radius 3 is 2.58 bits per heavy atom. The Hall–Kier alpha value is -2.75. The average Bonchev–Trinajstić information content (AvgIpc) is 3.55. The van der Waals surface area contributed by atoms with E-state index in [0.29, 0.717) is 26.1 Å². The third-order valence-electron chi connectivity index (χ3n) is 6.24. The Labute approximate surface area is 198 Å². The minimum Gasteiger partial charge on any atom is -0.357 e. The lowest BCUT2D eigenvalue weighted by Crippen LogP contribution is -2.36. The topological polar surface area (TPSA) is 82.6 Å². The van der Waals surface area contributed by atoms with Crippen molar-refractivity contribution in [3.8, 4) is 0 Å². The Morgan fingerprint density at radius 2 is 1.82 bits per heavy atom. The molecule has 0 saturated carbocycles. The van der Waals surface area contributed by atoms with Crippen molar-refractivity contribution in [1.29, 1.82) is 0 Å². The van der Waals surface area contributed by atoms with E-state index in [1.54, 1.807) is 11.6 Å². The van der Waals surface area contributed by atoms with Crippen LogP contribution in [0.2, 0.25) is 0 Å². The molecule has 5 rings (SSSR count). The van der Waals surface area contributed by atoms with Crippen molar-refractivity contribution in [2.45, 2.75) is 37.2 Å². The number of rotatable bonds is 6. The van der Waals surface area contributed by atoms with Gasteiger partial charge in [-0.15, -0.1) is 11.3 Å². The van der Waals surface area contributed by atoms with E-state index in [4.69, 9.17) is 0 Å². The van der Waals surface area contributed by atoms with E-state index in [0.717, 1.165) is 41.4 Å². The van der Waals surface area contributed by atoms with Crippen LogP contribution in [-0.4, -0.2) is 43.2 Å². The quantitative estimate of drug-likeness (QED) is 0.582. The first-order valence-corrected chi connectivity index (χ1v) is 13.5. The van der Waals surface area contributed by atoms with Gasteiger partial charge in [0.2, 0.25) is 10.0 Å². The lowest BCUT2D eigenvalue weighted by molar-refractivity contribution is 0.0952. The monoisotopic (exact) mass is 482 g/mol. The maximum absolute atomic E-state index is 13.4. The van der Waals surface area contributed by atoms with Gasteiger partial charge < -0.3 is 10.2 Å². The molecule has 0 radical (unpaired) electrons. The molecule has 0 unspecified atom stereocenters. The third-order valence-corrected chi connectivity index (χ3v) is 9.17. The van der Waals surface area contributed by atoms with Crippen molar-refractivity contribution in [2.75, 3.05) is 24.5 Å². The number of fused-ring (bicyclic) bond motifs is 1. The summed E-state index contributed by atoms with van der Waals surface area (Å²) in [5.74, 6) is 0.571. The van der Waals surface area contributed by atoms with Crippen molar-refractivity contribution in [2.24, 2.45) is 0 Å². The predicted octanol–water partition coefficient (Wildman–Crippen LogP) is 3.42. The molecule has 3 aromatic rings. The van der Waals surface area contributed by atoms with E-state index in [1.807, 2.05) is 36.4 Å².